The Kier molecular flexibility index (Phi) is 5.49. The molecule has 0 spiro atoms. The molecule has 2 aliphatic rings. The summed E-state index contributed by atoms with van der Waals surface area (Å²) in [6.45, 7) is 0.438. The number of esters is 1. The van der Waals surface area contributed by atoms with Gasteiger partial charge in [0, 0.05) is 4.88 Å². The van der Waals surface area contributed by atoms with E-state index < -0.39 is 0 Å². The predicted molar refractivity (Wildman–Crippen MR) is 100 cm³/mol. The van der Waals surface area contributed by atoms with E-state index in [1.807, 2.05) is 0 Å². The van der Waals surface area contributed by atoms with Crippen LogP contribution in [0.2, 0.25) is 0 Å². The highest BCUT2D eigenvalue weighted by atomic mass is 32.1. The molecule has 0 radical (unpaired) electrons. The fourth-order valence-electron chi connectivity index (χ4n) is 4.24. The van der Waals surface area contributed by atoms with Gasteiger partial charge in [0.05, 0.1) is 32.8 Å². The van der Waals surface area contributed by atoms with Gasteiger partial charge in [-0.2, -0.15) is 0 Å². The zero-order valence-electron chi connectivity index (χ0n) is 15.5. The van der Waals surface area contributed by atoms with E-state index in [1.54, 1.807) is 11.3 Å². The van der Waals surface area contributed by atoms with Crippen molar-refractivity contribution in [2.45, 2.75) is 57.4 Å². The molecule has 3 rings (SSSR count). The van der Waals surface area contributed by atoms with Crippen LogP contribution in [0.5, 0.6) is 0 Å². The van der Waals surface area contributed by atoms with Crippen molar-refractivity contribution in [3.8, 4) is 0 Å². The molecule has 1 fully saturated rings. The Labute approximate surface area is 153 Å². The van der Waals surface area contributed by atoms with Crippen molar-refractivity contribution in [2.75, 3.05) is 33.1 Å². The van der Waals surface area contributed by atoms with E-state index in [1.165, 1.54) is 37.7 Å². The first kappa shape index (κ1) is 18.4. The van der Waals surface area contributed by atoms with Gasteiger partial charge >= 0.3 is 5.97 Å². The van der Waals surface area contributed by atoms with Gasteiger partial charge in [-0.3, -0.25) is 4.79 Å². The molecule has 0 atom stereocenters. The van der Waals surface area contributed by atoms with E-state index in [9.17, 15) is 9.59 Å². The highest BCUT2D eigenvalue weighted by Crippen LogP contribution is 2.38. The van der Waals surface area contributed by atoms with Crippen LogP contribution < -0.4 is 5.32 Å². The summed E-state index contributed by atoms with van der Waals surface area (Å²) in [5.74, 6) is -0.347. The number of quaternary nitrogens is 1. The monoisotopic (exact) mass is 365 g/mol. The Hall–Kier alpha value is -1.40. The molecule has 0 saturated heterocycles. The number of methoxy groups -OCH3 is 1. The molecule has 5 nitrogen and oxygen atoms in total. The van der Waals surface area contributed by atoms with E-state index in [2.05, 4.69) is 19.4 Å². The molecule has 25 heavy (non-hydrogen) atoms. The van der Waals surface area contributed by atoms with Gasteiger partial charge in [0.25, 0.3) is 5.91 Å². The van der Waals surface area contributed by atoms with Crippen molar-refractivity contribution >= 4 is 28.2 Å². The van der Waals surface area contributed by atoms with Gasteiger partial charge in [-0.15, -0.1) is 11.3 Å². The minimum Gasteiger partial charge on any atom is -0.465 e. The lowest BCUT2D eigenvalue weighted by molar-refractivity contribution is -0.906. The number of carbonyl (C=O) groups excluding carboxylic acids is 2. The first-order valence-corrected chi connectivity index (χ1v) is 10.1. The van der Waals surface area contributed by atoms with Crippen LogP contribution in [0, 0.1) is 0 Å². The predicted octanol–water partition coefficient (Wildman–Crippen LogP) is 3.37. The summed E-state index contributed by atoms with van der Waals surface area (Å²) in [4.78, 5) is 26.2. The second kappa shape index (κ2) is 7.46. The zero-order chi connectivity index (χ0) is 18.0. The van der Waals surface area contributed by atoms with E-state index in [0.29, 0.717) is 27.6 Å². The number of thiophene rings is 1. The third-order valence-corrected chi connectivity index (χ3v) is 6.89. The molecule has 1 aromatic rings. The summed E-state index contributed by atoms with van der Waals surface area (Å²) in [7, 11) is 5.67. The van der Waals surface area contributed by atoms with Gasteiger partial charge in [-0.1, -0.05) is 0 Å². The van der Waals surface area contributed by atoms with Crippen LogP contribution in [0.4, 0.5) is 5.00 Å². The van der Waals surface area contributed by atoms with Gasteiger partial charge in [0.2, 0.25) is 0 Å². The summed E-state index contributed by atoms with van der Waals surface area (Å²) < 4.78 is 5.69. The molecule has 138 valence electrons. The number of likely N-dealkylation sites (N-methyl/N-ethyl adjacent to an activating group) is 1. The molecule has 1 N–H and O–H groups in total. The second-order valence-corrected chi connectivity index (χ2v) is 8.93. The van der Waals surface area contributed by atoms with Gasteiger partial charge in [-0.25, -0.2) is 4.79 Å². The summed E-state index contributed by atoms with van der Waals surface area (Å²) in [5.41, 5.74) is 1.67. The summed E-state index contributed by atoms with van der Waals surface area (Å²) in [6, 6.07) is 0.558. The van der Waals surface area contributed by atoms with Gasteiger partial charge in [0.15, 0.2) is 6.54 Å². The maximum Gasteiger partial charge on any atom is 0.341 e. The topological polar surface area (TPSA) is 55.4 Å². The molecular weight excluding hydrogens is 336 g/mol. The normalized spacial score (nSPS) is 18.0. The van der Waals surface area contributed by atoms with E-state index >= 15 is 0 Å². The van der Waals surface area contributed by atoms with E-state index in [-0.39, 0.29) is 11.9 Å². The average molecular weight is 366 g/mol. The maximum absolute atomic E-state index is 12.7. The summed E-state index contributed by atoms with van der Waals surface area (Å²) >= 11 is 1.55. The number of fused-ring (bicyclic) bond motifs is 1. The number of aryl methyl sites for hydroxylation is 1. The fraction of sp³-hybridized carbons (Fsp3) is 0.684. The Morgan fingerprint density at radius 2 is 1.84 bits per heavy atom. The molecule has 0 aromatic carbocycles. The lowest BCUT2D eigenvalue weighted by atomic mass is 9.95. The number of amides is 1. The summed E-state index contributed by atoms with van der Waals surface area (Å²) in [6.07, 6.45) is 9.04. The molecule has 0 unspecified atom stereocenters. The van der Waals surface area contributed by atoms with Crippen LogP contribution in [-0.4, -0.2) is 50.2 Å². The standard InChI is InChI=1S/C19H28N2O3S/c1-21(2,13-8-4-5-9-13)12-16(22)20-18-17(19(23)24-3)14-10-6-7-11-15(14)25-18/h13H,4-12H2,1-3H3/p+1. The number of ether oxygens (including phenoxy) is 1. The van der Waals surface area contributed by atoms with Crippen molar-refractivity contribution in [3.05, 3.63) is 16.0 Å². The molecular formula is C19H29N2O3S+. The SMILES string of the molecule is COC(=O)c1c(NC(=O)C[N+](C)(C)C2CCCC2)sc2c1CCCC2. The zero-order valence-corrected chi connectivity index (χ0v) is 16.3. The lowest BCUT2D eigenvalue weighted by Gasteiger charge is -2.35. The van der Waals surface area contributed by atoms with Crippen molar-refractivity contribution in [3.63, 3.8) is 0 Å². The Bertz CT molecular complexity index is 660. The highest BCUT2D eigenvalue weighted by molar-refractivity contribution is 7.17. The first-order chi connectivity index (χ1) is 11.9. The molecule has 6 heteroatoms. The van der Waals surface area contributed by atoms with Crippen LogP contribution >= 0.6 is 11.3 Å². The molecule has 0 aliphatic heterocycles. The molecule has 1 heterocycles. The number of nitrogens with one attached hydrogen (secondary N) is 1. The number of rotatable bonds is 5. The third-order valence-electron chi connectivity index (χ3n) is 5.68. The Balaban J connectivity index is 1.76. The minimum atomic E-state index is -0.334. The largest absolute Gasteiger partial charge is 0.465 e. The molecule has 1 saturated carbocycles. The molecule has 0 bridgehead atoms. The van der Waals surface area contributed by atoms with E-state index in [0.717, 1.165) is 31.2 Å². The number of nitrogens with zero attached hydrogens (tertiary/aromatic N) is 1. The average Bonchev–Trinajstić information content (AvgIpc) is 3.21. The van der Waals surface area contributed by atoms with Gasteiger partial charge in [-0.05, 0) is 56.9 Å². The maximum atomic E-state index is 12.7. The van der Waals surface area contributed by atoms with Gasteiger partial charge in [0.1, 0.15) is 5.00 Å². The third kappa shape index (κ3) is 3.90. The number of hydrogen-bond donors (Lipinski definition) is 1. The smallest absolute Gasteiger partial charge is 0.341 e. The number of anilines is 1. The van der Waals surface area contributed by atoms with Crippen LogP contribution in [0.1, 0.15) is 59.3 Å². The lowest BCUT2D eigenvalue weighted by Crippen LogP contribution is -2.51. The van der Waals surface area contributed by atoms with Gasteiger partial charge < -0.3 is 14.5 Å². The Morgan fingerprint density at radius 3 is 2.52 bits per heavy atom. The highest BCUT2D eigenvalue weighted by Gasteiger charge is 2.34. The first-order valence-electron chi connectivity index (χ1n) is 9.27. The van der Waals surface area contributed by atoms with Crippen LogP contribution in [0.25, 0.3) is 0 Å². The van der Waals surface area contributed by atoms with Crippen LogP contribution in [-0.2, 0) is 22.4 Å². The molecule has 2 aliphatic carbocycles. The van der Waals surface area contributed by atoms with Crippen molar-refractivity contribution in [1.82, 2.24) is 0 Å². The van der Waals surface area contributed by atoms with Crippen molar-refractivity contribution < 1.29 is 18.8 Å². The quantitative estimate of drug-likeness (QED) is 0.643. The Morgan fingerprint density at radius 1 is 1.16 bits per heavy atom. The van der Waals surface area contributed by atoms with Crippen molar-refractivity contribution in [2.24, 2.45) is 0 Å². The van der Waals surface area contributed by atoms with E-state index in [4.69, 9.17) is 4.74 Å². The van der Waals surface area contributed by atoms with Crippen molar-refractivity contribution in [1.29, 1.82) is 0 Å². The molecule has 1 amide bonds. The minimum absolute atomic E-state index is 0.0133. The number of hydrogen-bond acceptors (Lipinski definition) is 4. The number of carbonyl (C=O) groups is 2. The fourth-order valence-corrected chi connectivity index (χ4v) is 5.53. The van der Waals surface area contributed by atoms with Crippen LogP contribution in [0.15, 0.2) is 0 Å². The van der Waals surface area contributed by atoms with Crippen LogP contribution in [0.3, 0.4) is 0 Å². The molecule has 1 aromatic heterocycles. The summed E-state index contributed by atoms with van der Waals surface area (Å²) in [5, 5.41) is 3.70. The second-order valence-electron chi connectivity index (χ2n) is 7.83.